The third-order valence-corrected chi connectivity index (χ3v) is 4.77. The molecule has 2 aromatic heterocycles. The summed E-state index contributed by atoms with van der Waals surface area (Å²) < 4.78 is 13.4. The van der Waals surface area contributed by atoms with Gasteiger partial charge in [-0.3, -0.25) is 4.79 Å². The van der Waals surface area contributed by atoms with Crippen molar-refractivity contribution in [1.82, 2.24) is 9.38 Å². The average Bonchev–Trinajstić information content (AvgIpc) is 3.16. The molecule has 0 aliphatic carbocycles. The third-order valence-electron chi connectivity index (χ3n) is 4.77. The first-order valence-electron chi connectivity index (χ1n) is 9.72. The molecule has 4 aromatic rings. The number of ether oxygens (including phenoxy) is 2. The number of carbonyl (C=O) groups is 1. The van der Waals surface area contributed by atoms with Crippen molar-refractivity contribution in [2.24, 2.45) is 0 Å². The predicted molar refractivity (Wildman–Crippen MR) is 116 cm³/mol. The number of hydrogen-bond donors (Lipinski definition) is 1. The summed E-state index contributed by atoms with van der Waals surface area (Å²) in [5.74, 6) is 1.10. The Morgan fingerprint density at radius 1 is 0.967 bits per heavy atom. The van der Waals surface area contributed by atoms with E-state index >= 15 is 0 Å². The molecule has 2 aromatic carbocycles. The number of fused-ring (bicyclic) bond motifs is 1. The highest BCUT2D eigenvalue weighted by Crippen LogP contribution is 2.19. The third kappa shape index (κ3) is 4.78. The van der Waals surface area contributed by atoms with E-state index in [9.17, 15) is 4.79 Å². The largest absolute Gasteiger partial charge is 0.487 e. The first kappa shape index (κ1) is 19.5. The Labute approximate surface area is 175 Å². The number of hydrogen-bond acceptors (Lipinski definition) is 4. The van der Waals surface area contributed by atoms with Crippen molar-refractivity contribution in [2.75, 3.05) is 11.9 Å². The molecule has 0 fully saturated rings. The van der Waals surface area contributed by atoms with Gasteiger partial charge in [0.15, 0.2) is 6.61 Å². The zero-order chi connectivity index (χ0) is 20.9. The van der Waals surface area contributed by atoms with Gasteiger partial charge in [0.25, 0.3) is 5.91 Å². The standard InChI is InChI=1S/C24H23N3O3/c1-17-9-10-22(12-18(17)2)30-16-24(28)26-19-6-5-7-21(13-19)29-15-20-14-27-11-4-3-8-23(27)25-20/h3-14H,15-16H2,1-2H3,(H,26,28). The minimum Gasteiger partial charge on any atom is -0.487 e. The van der Waals surface area contributed by atoms with E-state index in [0.29, 0.717) is 23.8 Å². The maximum absolute atomic E-state index is 12.2. The molecular weight excluding hydrogens is 378 g/mol. The summed E-state index contributed by atoms with van der Waals surface area (Å²) in [6, 6.07) is 18.9. The summed E-state index contributed by atoms with van der Waals surface area (Å²) in [5.41, 5.74) is 4.67. The monoisotopic (exact) mass is 401 g/mol. The number of carbonyl (C=O) groups excluding carboxylic acids is 1. The summed E-state index contributed by atoms with van der Waals surface area (Å²) in [4.78, 5) is 16.8. The molecule has 0 saturated heterocycles. The van der Waals surface area contributed by atoms with Crippen molar-refractivity contribution < 1.29 is 14.3 Å². The van der Waals surface area contributed by atoms with Gasteiger partial charge in [0.05, 0.1) is 5.69 Å². The molecule has 30 heavy (non-hydrogen) atoms. The van der Waals surface area contributed by atoms with Crippen molar-refractivity contribution in [3.8, 4) is 11.5 Å². The Hall–Kier alpha value is -3.80. The smallest absolute Gasteiger partial charge is 0.262 e. The first-order valence-corrected chi connectivity index (χ1v) is 9.72. The van der Waals surface area contributed by atoms with E-state index in [1.54, 1.807) is 6.07 Å². The van der Waals surface area contributed by atoms with Gasteiger partial charge in [-0.1, -0.05) is 18.2 Å². The van der Waals surface area contributed by atoms with Gasteiger partial charge in [-0.25, -0.2) is 4.98 Å². The SMILES string of the molecule is Cc1ccc(OCC(=O)Nc2cccc(OCc3cn4ccccc4n3)c2)cc1C. The molecule has 2 heterocycles. The van der Waals surface area contributed by atoms with E-state index in [2.05, 4.69) is 10.3 Å². The zero-order valence-corrected chi connectivity index (χ0v) is 17.0. The second-order valence-corrected chi connectivity index (χ2v) is 7.10. The first-order chi connectivity index (χ1) is 14.6. The van der Waals surface area contributed by atoms with Crippen LogP contribution in [-0.2, 0) is 11.4 Å². The Bertz CT molecular complexity index is 1150. The predicted octanol–water partition coefficient (Wildman–Crippen LogP) is 4.55. The number of amides is 1. The molecule has 0 atom stereocenters. The van der Waals surface area contributed by atoms with Gasteiger partial charge in [-0.15, -0.1) is 0 Å². The Balaban J connectivity index is 1.32. The summed E-state index contributed by atoms with van der Waals surface area (Å²) >= 11 is 0. The number of nitrogens with one attached hydrogen (secondary N) is 1. The fraction of sp³-hybridized carbons (Fsp3) is 0.167. The van der Waals surface area contributed by atoms with Crippen molar-refractivity contribution >= 4 is 17.2 Å². The lowest BCUT2D eigenvalue weighted by Crippen LogP contribution is -2.20. The molecule has 0 saturated carbocycles. The second kappa shape index (κ2) is 8.69. The highest BCUT2D eigenvalue weighted by Gasteiger charge is 2.07. The van der Waals surface area contributed by atoms with Crippen LogP contribution in [0.25, 0.3) is 5.65 Å². The Kier molecular flexibility index (Phi) is 5.66. The summed E-state index contributed by atoms with van der Waals surface area (Å²) in [5, 5.41) is 2.83. The van der Waals surface area contributed by atoms with Crippen LogP contribution >= 0.6 is 0 Å². The molecule has 1 N–H and O–H groups in total. The lowest BCUT2D eigenvalue weighted by Gasteiger charge is -2.10. The Morgan fingerprint density at radius 2 is 1.83 bits per heavy atom. The lowest BCUT2D eigenvalue weighted by atomic mass is 10.1. The van der Waals surface area contributed by atoms with Crippen LogP contribution in [0, 0.1) is 13.8 Å². The van der Waals surface area contributed by atoms with Crippen LogP contribution in [0.3, 0.4) is 0 Å². The highest BCUT2D eigenvalue weighted by molar-refractivity contribution is 5.92. The molecule has 0 bridgehead atoms. The minimum absolute atomic E-state index is 0.0607. The number of imidazole rings is 1. The van der Waals surface area contributed by atoms with Crippen molar-refractivity contribution in [3.63, 3.8) is 0 Å². The van der Waals surface area contributed by atoms with Crippen LogP contribution in [0.15, 0.2) is 73.1 Å². The van der Waals surface area contributed by atoms with E-state index in [1.807, 2.05) is 85.2 Å². The van der Waals surface area contributed by atoms with Gasteiger partial charge in [0, 0.05) is 24.1 Å². The minimum atomic E-state index is -0.231. The van der Waals surface area contributed by atoms with Crippen molar-refractivity contribution in [2.45, 2.75) is 20.5 Å². The van der Waals surface area contributed by atoms with Crippen LogP contribution in [0.4, 0.5) is 5.69 Å². The highest BCUT2D eigenvalue weighted by atomic mass is 16.5. The summed E-state index contributed by atoms with van der Waals surface area (Å²) in [6.45, 7) is 4.33. The molecule has 0 spiro atoms. The molecule has 0 unspecified atom stereocenters. The van der Waals surface area contributed by atoms with Gasteiger partial charge in [0.1, 0.15) is 23.8 Å². The number of pyridine rings is 1. The molecule has 6 nitrogen and oxygen atoms in total. The number of benzene rings is 2. The summed E-state index contributed by atoms with van der Waals surface area (Å²) in [7, 11) is 0. The van der Waals surface area contributed by atoms with Crippen LogP contribution in [0.1, 0.15) is 16.8 Å². The van der Waals surface area contributed by atoms with E-state index in [1.165, 1.54) is 5.56 Å². The quantitative estimate of drug-likeness (QED) is 0.494. The number of aryl methyl sites for hydroxylation is 2. The second-order valence-electron chi connectivity index (χ2n) is 7.10. The molecule has 6 heteroatoms. The van der Waals surface area contributed by atoms with Crippen molar-refractivity contribution in [1.29, 1.82) is 0 Å². The van der Waals surface area contributed by atoms with Crippen LogP contribution in [0.2, 0.25) is 0 Å². The molecule has 0 aliphatic heterocycles. The van der Waals surface area contributed by atoms with Gasteiger partial charge >= 0.3 is 0 Å². The molecular formula is C24H23N3O3. The summed E-state index contributed by atoms with van der Waals surface area (Å²) in [6.07, 6.45) is 3.88. The van der Waals surface area contributed by atoms with Crippen molar-refractivity contribution in [3.05, 3.63) is 89.9 Å². The zero-order valence-electron chi connectivity index (χ0n) is 17.0. The molecule has 0 aliphatic rings. The van der Waals surface area contributed by atoms with E-state index in [4.69, 9.17) is 9.47 Å². The molecule has 4 rings (SSSR count). The topological polar surface area (TPSA) is 64.9 Å². The molecule has 0 radical (unpaired) electrons. The number of rotatable bonds is 7. The van der Waals surface area contributed by atoms with Crippen LogP contribution in [-0.4, -0.2) is 21.9 Å². The van der Waals surface area contributed by atoms with Crippen LogP contribution < -0.4 is 14.8 Å². The van der Waals surface area contributed by atoms with Gasteiger partial charge in [0.2, 0.25) is 0 Å². The average molecular weight is 401 g/mol. The maximum Gasteiger partial charge on any atom is 0.262 e. The fourth-order valence-electron chi connectivity index (χ4n) is 3.03. The van der Waals surface area contributed by atoms with Crippen LogP contribution in [0.5, 0.6) is 11.5 Å². The Morgan fingerprint density at radius 3 is 2.67 bits per heavy atom. The van der Waals surface area contributed by atoms with E-state index in [-0.39, 0.29) is 12.5 Å². The maximum atomic E-state index is 12.2. The normalized spacial score (nSPS) is 10.7. The van der Waals surface area contributed by atoms with Gasteiger partial charge in [-0.05, 0) is 61.4 Å². The van der Waals surface area contributed by atoms with Gasteiger partial charge in [-0.2, -0.15) is 0 Å². The fourth-order valence-corrected chi connectivity index (χ4v) is 3.03. The number of aromatic nitrogens is 2. The van der Waals surface area contributed by atoms with E-state index < -0.39 is 0 Å². The molecule has 152 valence electrons. The molecule has 1 amide bonds. The number of anilines is 1. The van der Waals surface area contributed by atoms with Gasteiger partial charge < -0.3 is 19.2 Å². The van der Waals surface area contributed by atoms with E-state index in [0.717, 1.165) is 16.9 Å². The number of nitrogens with zero attached hydrogens (tertiary/aromatic N) is 2. The lowest BCUT2D eigenvalue weighted by molar-refractivity contribution is -0.118.